The van der Waals surface area contributed by atoms with Crippen LogP contribution in [0.4, 0.5) is 10.6 Å². The molecule has 1 spiro atoms. The van der Waals surface area contributed by atoms with Crippen LogP contribution in [0.3, 0.4) is 0 Å². The number of ether oxygens (including phenoxy) is 1. The molecule has 2 heterocycles. The predicted octanol–water partition coefficient (Wildman–Crippen LogP) is 3.98. The van der Waals surface area contributed by atoms with E-state index in [1.165, 1.54) is 18.4 Å². The Hall–Kier alpha value is -1.78. The van der Waals surface area contributed by atoms with Crippen LogP contribution in [0, 0.1) is 12.3 Å². The Morgan fingerprint density at radius 3 is 2.58 bits per heavy atom. The SMILES string of the molecule is Cc1ccnc(NC2CC3(CCN(C(=O)OC(C)(C)C)CC3)C2)c1. The molecule has 2 fully saturated rings. The van der Waals surface area contributed by atoms with Gasteiger partial charge in [-0.1, -0.05) is 0 Å². The number of hydrogen-bond acceptors (Lipinski definition) is 4. The Morgan fingerprint density at radius 2 is 2.00 bits per heavy atom. The van der Waals surface area contributed by atoms with Gasteiger partial charge in [0, 0.05) is 25.3 Å². The van der Waals surface area contributed by atoms with Gasteiger partial charge in [0.15, 0.2) is 0 Å². The van der Waals surface area contributed by atoms with Gasteiger partial charge in [0.25, 0.3) is 0 Å². The van der Waals surface area contributed by atoms with E-state index in [0.29, 0.717) is 11.5 Å². The first-order valence-corrected chi connectivity index (χ1v) is 8.92. The first kappa shape index (κ1) is 17.1. The monoisotopic (exact) mass is 331 g/mol. The molecule has 1 aromatic heterocycles. The highest BCUT2D eigenvalue weighted by atomic mass is 16.6. The van der Waals surface area contributed by atoms with Crippen molar-refractivity contribution in [2.75, 3.05) is 18.4 Å². The normalized spacial score (nSPS) is 20.6. The van der Waals surface area contributed by atoms with E-state index in [-0.39, 0.29) is 6.09 Å². The summed E-state index contributed by atoms with van der Waals surface area (Å²) in [6.07, 6.45) is 6.17. The summed E-state index contributed by atoms with van der Waals surface area (Å²) in [5.41, 5.74) is 1.21. The Bertz CT molecular complexity index is 593. The Kier molecular flexibility index (Phi) is 4.45. The number of likely N-dealkylation sites (tertiary alicyclic amines) is 1. The zero-order valence-electron chi connectivity index (χ0n) is 15.3. The van der Waals surface area contributed by atoms with Crippen molar-refractivity contribution >= 4 is 11.9 Å². The molecule has 1 saturated carbocycles. The summed E-state index contributed by atoms with van der Waals surface area (Å²) in [5.74, 6) is 0.973. The zero-order chi connectivity index (χ0) is 17.4. The minimum Gasteiger partial charge on any atom is -0.444 e. The second-order valence-corrected chi connectivity index (χ2v) is 8.44. The quantitative estimate of drug-likeness (QED) is 0.890. The molecule has 2 aliphatic rings. The summed E-state index contributed by atoms with van der Waals surface area (Å²) in [6, 6.07) is 4.61. The van der Waals surface area contributed by atoms with E-state index in [4.69, 9.17) is 4.74 Å². The average Bonchev–Trinajstić information content (AvgIpc) is 2.44. The number of carbonyl (C=O) groups is 1. The highest BCUT2D eigenvalue weighted by Gasteiger charge is 2.46. The molecular weight excluding hydrogens is 302 g/mol. The van der Waals surface area contributed by atoms with Gasteiger partial charge >= 0.3 is 6.09 Å². The van der Waals surface area contributed by atoms with Crippen LogP contribution >= 0.6 is 0 Å². The van der Waals surface area contributed by atoms with E-state index in [1.807, 2.05) is 37.9 Å². The number of carbonyl (C=O) groups excluding carboxylic acids is 1. The number of aromatic nitrogens is 1. The highest BCUT2D eigenvalue weighted by molar-refractivity contribution is 5.68. The van der Waals surface area contributed by atoms with Gasteiger partial charge in [0.2, 0.25) is 0 Å². The smallest absolute Gasteiger partial charge is 0.410 e. The van der Waals surface area contributed by atoms with Crippen LogP contribution in [0.5, 0.6) is 0 Å². The van der Waals surface area contributed by atoms with E-state index in [2.05, 4.69) is 23.3 Å². The number of rotatable bonds is 2. The van der Waals surface area contributed by atoms with Gasteiger partial charge in [-0.25, -0.2) is 9.78 Å². The van der Waals surface area contributed by atoms with E-state index in [9.17, 15) is 4.79 Å². The van der Waals surface area contributed by atoms with Crippen LogP contribution in [-0.4, -0.2) is 40.7 Å². The standard InChI is InChI=1S/C19H29N3O2/c1-14-5-8-20-16(11-14)21-15-12-19(13-15)6-9-22(10-7-19)17(23)24-18(2,3)4/h5,8,11,15H,6-7,9-10,12-13H2,1-4H3,(H,20,21). The summed E-state index contributed by atoms with van der Waals surface area (Å²) >= 11 is 0. The van der Waals surface area contributed by atoms with Crippen molar-refractivity contribution in [2.24, 2.45) is 5.41 Å². The Morgan fingerprint density at radius 1 is 1.33 bits per heavy atom. The summed E-state index contributed by atoms with van der Waals surface area (Å²) in [7, 11) is 0. The molecule has 5 nitrogen and oxygen atoms in total. The lowest BCUT2D eigenvalue weighted by atomic mass is 9.60. The fraction of sp³-hybridized carbons (Fsp3) is 0.684. The minimum absolute atomic E-state index is 0.171. The van der Waals surface area contributed by atoms with Crippen molar-refractivity contribution in [1.82, 2.24) is 9.88 Å². The third kappa shape index (κ3) is 4.00. The molecule has 5 heteroatoms. The van der Waals surface area contributed by atoms with Crippen molar-refractivity contribution in [3.05, 3.63) is 23.9 Å². The van der Waals surface area contributed by atoms with E-state index < -0.39 is 5.60 Å². The summed E-state index contributed by atoms with van der Waals surface area (Å²) < 4.78 is 5.47. The van der Waals surface area contributed by atoms with E-state index in [1.54, 1.807) is 0 Å². The van der Waals surface area contributed by atoms with Crippen LogP contribution in [0.25, 0.3) is 0 Å². The van der Waals surface area contributed by atoms with Gasteiger partial charge in [-0.05, 0) is 76.5 Å². The lowest BCUT2D eigenvalue weighted by molar-refractivity contribution is -0.00862. The molecule has 1 aromatic rings. The number of aryl methyl sites for hydroxylation is 1. The number of pyridine rings is 1. The summed E-state index contributed by atoms with van der Waals surface area (Å²) in [6.45, 7) is 9.45. The third-order valence-corrected chi connectivity index (χ3v) is 5.10. The predicted molar refractivity (Wildman–Crippen MR) is 95.1 cm³/mol. The molecule has 1 N–H and O–H groups in total. The molecule has 1 aliphatic carbocycles. The molecule has 1 amide bonds. The number of anilines is 1. The van der Waals surface area contributed by atoms with Crippen molar-refractivity contribution < 1.29 is 9.53 Å². The molecular formula is C19H29N3O2. The zero-order valence-corrected chi connectivity index (χ0v) is 15.3. The van der Waals surface area contributed by atoms with Gasteiger partial charge < -0.3 is 15.0 Å². The summed E-state index contributed by atoms with van der Waals surface area (Å²) in [4.78, 5) is 18.4. The Balaban J connectivity index is 1.46. The van der Waals surface area contributed by atoms with Crippen LogP contribution in [0.2, 0.25) is 0 Å². The number of amides is 1. The van der Waals surface area contributed by atoms with E-state index in [0.717, 1.165) is 31.7 Å². The molecule has 0 unspecified atom stereocenters. The highest BCUT2D eigenvalue weighted by Crippen LogP contribution is 2.50. The second kappa shape index (κ2) is 6.26. The van der Waals surface area contributed by atoms with E-state index >= 15 is 0 Å². The first-order chi connectivity index (χ1) is 11.2. The molecule has 3 rings (SSSR count). The van der Waals surface area contributed by atoms with Crippen LogP contribution < -0.4 is 5.32 Å². The number of nitrogens with zero attached hydrogens (tertiary/aromatic N) is 2. The minimum atomic E-state index is -0.418. The summed E-state index contributed by atoms with van der Waals surface area (Å²) in [5, 5.41) is 3.54. The van der Waals surface area contributed by atoms with Crippen LogP contribution in [-0.2, 0) is 4.74 Å². The average molecular weight is 331 g/mol. The van der Waals surface area contributed by atoms with Crippen molar-refractivity contribution in [2.45, 2.75) is 65.0 Å². The molecule has 1 aliphatic heterocycles. The maximum Gasteiger partial charge on any atom is 0.410 e. The van der Waals surface area contributed by atoms with Crippen LogP contribution in [0.15, 0.2) is 18.3 Å². The molecule has 0 atom stereocenters. The Labute approximate surface area is 144 Å². The third-order valence-electron chi connectivity index (χ3n) is 5.10. The fourth-order valence-electron chi connectivity index (χ4n) is 3.81. The number of piperidine rings is 1. The van der Waals surface area contributed by atoms with Crippen molar-refractivity contribution in [3.63, 3.8) is 0 Å². The molecule has 24 heavy (non-hydrogen) atoms. The molecule has 132 valence electrons. The topological polar surface area (TPSA) is 54.5 Å². The van der Waals surface area contributed by atoms with Crippen molar-refractivity contribution in [1.29, 1.82) is 0 Å². The first-order valence-electron chi connectivity index (χ1n) is 8.92. The molecule has 0 bridgehead atoms. The van der Waals surface area contributed by atoms with Gasteiger partial charge in [0.05, 0.1) is 0 Å². The maximum absolute atomic E-state index is 12.2. The van der Waals surface area contributed by atoms with Gasteiger partial charge in [-0.2, -0.15) is 0 Å². The number of nitrogens with one attached hydrogen (secondary N) is 1. The molecule has 0 aromatic carbocycles. The fourth-order valence-corrected chi connectivity index (χ4v) is 3.81. The molecule has 0 radical (unpaired) electrons. The van der Waals surface area contributed by atoms with Crippen molar-refractivity contribution in [3.8, 4) is 0 Å². The largest absolute Gasteiger partial charge is 0.444 e. The second-order valence-electron chi connectivity index (χ2n) is 8.44. The number of hydrogen-bond donors (Lipinski definition) is 1. The maximum atomic E-state index is 12.2. The van der Waals surface area contributed by atoms with Gasteiger partial charge in [0.1, 0.15) is 11.4 Å². The molecule has 1 saturated heterocycles. The van der Waals surface area contributed by atoms with Gasteiger partial charge in [-0.3, -0.25) is 0 Å². The lowest BCUT2D eigenvalue weighted by Gasteiger charge is -2.52. The lowest BCUT2D eigenvalue weighted by Crippen LogP contribution is -2.53. The van der Waals surface area contributed by atoms with Crippen LogP contribution in [0.1, 0.15) is 52.0 Å². The van der Waals surface area contributed by atoms with Gasteiger partial charge in [-0.15, -0.1) is 0 Å².